The summed E-state index contributed by atoms with van der Waals surface area (Å²) in [6, 6.07) is 2.05. The second kappa shape index (κ2) is 6.00. The number of carboxylic acids is 1. The number of nitrogens with zero attached hydrogens (tertiary/aromatic N) is 3. The first-order valence-electron chi connectivity index (χ1n) is 6.56. The summed E-state index contributed by atoms with van der Waals surface area (Å²) < 4.78 is 1.83. The van der Waals surface area contributed by atoms with Crippen molar-refractivity contribution >= 4 is 5.97 Å². The molecule has 0 saturated carbocycles. The summed E-state index contributed by atoms with van der Waals surface area (Å²) in [7, 11) is 1.93. The molecule has 0 aromatic carbocycles. The zero-order valence-electron chi connectivity index (χ0n) is 10.9. The van der Waals surface area contributed by atoms with E-state index in [1.54, 1.807) is 0 Å². The summed E-state index contributed by atoms with van der Waals surface area (Å²) in [5.74, 6) is -0.0907. The normalized spacial score (nSPS) is 18.1. The van der Waals surface area contributed by atoms with Crippen molar-refractivity contribution in [2.24, 2.45) is 13.0 Å². The van der Waals surface area contributed by atoms with Gasteiger partial charge in [-0.1, -0.05) is 0 Å². The van der Waals surface area contributed by atoms with E-state index in [1.165, 1.54) is 0 Å². The Bertz CT molecular complexity index is 395. The summed E-state index contributed by atoms with van der Waals surface area (Å²) in [5.41, 5.74) is 1.11. The van der Waals surface area contributed by atoms with Gasteiger partial charge in [0.05, 0.1) is 5.69 Å². The molecule has 1 N–H and O–H groups in total. The maximum Gasteiger partial charge on any atom is 0.303 e. The van der Waals surface area contributed by atoms with Crippen LogP contribution in [0.4, 0.5) is 0 Å². The first-order chi connectivity index (χ1) is 8.63. The van der Waals surface area contributed by atoms with Crippen LogP contribution in [-0.2, 0) is 18.4 Å². The van der Waals surface area contributed by atoms with Gasteiger partial charge in [0.2, 0.25) is 0 Å². The standard InChI is InChI=1S/C13H21N3O2/c1-15-7-6-12(14-15)10-16-8-4-11(5-9-16)2-3-13(17)18/h6-7,11H,2-5,8-10H2,1H3,(H,17,18). The van der Waals surface area contributed by atoms with Crippen LogP contribution in [0.15, 0.2) is 12.3 Å². The summed E-state index contributed by atoms with van der Waals surface area (Å²) in [6.07, 6.45) is 5.33. The van der Waals surface area contributed by atoms with Crippen molar-refractivity contribution in [2.45, 2.75) is 32.2 Å². The summed E-state index contributed by atoms with van der Waals surface area (Å²) >= 11 is 0. The fraction of sp³-hybridized carbons (Fsp3) is 0.692. The molecular formula is C13H21N3O2. The van der Waals surface area contributed by atoms with E-state index >= 15 is 0 Å². The molecule has 5 nitrogen and oxygen atoms in total. The number of aryl methyl sites for hydroxylation is 1. The number of hydrogen-bond acceptors (Lipinski definition) is 3. The number of aromatic nitrogens is 2. The van der Waals surface area contributed by atoms with E-state index < -0.39 is 5.97 Å². The molecule has 0 atom stereocenters. The van der Waals surface area contributed by atoms with Crippen LogP contribution in [0.25, 0.3) is 0 Å². The molecule has 1 aliphatic rings. The van der Waals surface area contributed by atoms with Gasteiger partial charge in [-0.3, -0.25) is 14.4 Å². The third-order valence-corrected chi connectivity index (χ3v) is 3.63. The SMILES string of the molecule is Cn1ccc(CN2CCC(CCC(=O)O)CC2)n1. The number of aliphatic carboxylic acids is 1. The average Bonchev–Trinajstić information content (AvgIpc) is 2.74. The van der Waals surface area contributed by atoms with Gasteiger partial charge in [0.1, 0.15) is 0 Å². The minimum atomic E-state index is -0.675. The van der Waals surface area contributed by atoms with Gasteiger partial charge in [0, 0.05) is 26.2 Å². The largest absolute Gasteiger partial charge is 0.481 e. The van der Waals surface area contributed by atoms with Crippen LogP contribution in [-0.4, -0.2) is 38.8 Å². The van der Waals surface area contributed by atoms with Crippen LogP contribution >= 0.6 is 0 Å². The van der Waals surface area contributed by atoms with E-state index in [9.17, 15) is 4.79 Å². The lowest BCUT2D eigenvalue weighted by atomic mass is 9.92. The Hall–Kier alpha value is -1.36. The minimum absolute atomic E-state index is 0.310. The Labute approximate surface area is 107 Å². The van der Waals surface area contributed by atoms with Gasteiger partial charge in [0.15, 0.2) is 0 Å². The maximum atomic E-state index is 10.5. The van der Waals surface area contributed by atoms with Crippen LogP contribution in [0.2, 0.25) is 0 Å². The Balaban J connectivity index is 1.71. The van der Waals surface area contributed by atoms with E-state index in [2.05, 4.69) is 16.1 Å². The molecule has 0 spiro atoms. The molecule has 1 aromatic heterocycles. The Morgan fingerprint density at radius 2 is 2.22 bits per heavy atom. The van der Waals surface area contributed by atoms with E-state index in [-0.39, 0.29) is 0 Å². The second-order valence-corrected chi connectivity index (χ2v) is 5.13. The topological polar surface area (TPSA) is 58.4 Å². The molecule has 1 saturated heterocycles. The van der Waals surface area contributed by atoms with Gasteiger partial charge in [0.25, 0.3) is 0 Å². The highest BCUT2D eigenvalue weighted by atomic mass is 16.4. The second-order valence-electron chi connectivity index (χ2n) is 5.13. The Morgan fingerprint density at radius 3 is 2.78 bits per heavy atom. The molecule has 0 aliphatic carbocycles. The van der Waals surface area contributed by atoms with E-state index in [4.69, 9.17) is 5.11 Å². The van der Waals surface area contributed by atoms with Crippen LogP contribution in [0, 0.1) is 5.92 Å². The van der Waals surface area contributed by atoms with Crippen molar-refractivity contribution in [2.75, 3.05) is 13.1 Å². The molecule has 2 rings (SSSR count). The number of carbonyl (C=O) groups is 1. The lowest BCUT2D eigenvalue weighted by Crippen LogP contribution is -2.33. The lowest BCUT2D eigenvalue weighted by molar-refractivity contribution is -0.137. The van der Waals surface area contributed by atoms with Gasteiger partial charge in [-0.15, -0.1) is 0 Å². The zero-order chi connectivity index (χ0) is 13.0. The molecule has 0 radical (unpaired) electrons. The highest BCUT2D eigenvalue weighted by Gasteiger charge is 2.20. The quantitative estimate of drug-likeness (QED) is 0.861. The third-order valence-electron chi connectivity index (χ3n) is 3.63. The predicted octanol–water partition coefficient (Wildman–Crippen LogP) is 1.50. The van der Waals surface area contributed by atoms with Gasteiger partial charge >= 0.3 is 5.97 Å². The van der Waals surface area contributed by atoms with Crippen molar-refractivity contribution in [3.8, 4) is 0 Å². The molecule has 0 unspecified atom stereocenters. The number of rotatable bonds is 5. The van der Waals surface area contributed by atoms with Crippen LogP contribution in [0.3, 0.4) is 0 Å². The third kappa shape index (κ3) is 3.84. The molecule has 1 aliphatic heterocycles. The number of likely N-dealkylation sites (tertiary alicyclic amines) is 1. The lowest BCUT2D eigenvalue weighted by Gasteiger charge is -2.31. The summed E-state index contributed by atoms with van der Waals surface area (Å²) in [5, 5.41) is 13.1. The van der Waals surface area contributed by atoms with Crippen molar-refractivity contribution < 1.29 is 9.90 Å². The number of carboxylic acid groups (broad SMARTS) is 1. The average molecular weight is 251 g/mol. The number of piperidine rings is 1. The van der Waals surface area contributed by atoms with Crippen LogP contribution < -0.4 is 0 Å². The molecule has 1 aromatic rings. The molecule has 0 bridgehead atoms. The minimum Gasteiger partial charge on any atom is -0.481 e. The van der Waals surface area contributed by atoms with Crippen LogP contribution in [0.1, 0.15) is 31.4 Å². The van der Waals surface area contributed by atoms with Crippen molar-refractivity contribution in [3.63, 3.8) is 0 Å². The van der Waals surface area contributed by atoms with Crippen molar-refractivity contribution in [1.82, 2.24) is 14.7 Å². The first-order valence-corrected chi connectivity index (χ1v) is 6.56. The fourth-order valence-electron chi connectivity index (χ4n) is 2.54. The van der Waals surface area contributed by atoms with Crippen LogP contribution in [0.5, 0.6) is 0 Å². The van der Waals surface area contributed by atoms with E-state index in [1.807, 2.05) is 17.9 Å². The molecular weight excluding hydrogens is 230 g/mol. The molecule has 2 heterocycles. The maximum absolute atomic E-state index is 10.5. The smallest absolute Gasteiger partial charge is 0.303 e. The Morgan fingerprint density at radius 1 is 1.50 bits per heavy atom. The van der Waals surface area contributed by atoms with Gasteiger partial charge in [-0.2, -0.15) is 5.10 Å². The summed E-state index contributed by atoms with van der Waals surface area (Å²) in [6.45, 7) is 3.02. The zero-order valence-corrected chi connectivity index (χ0v) is 10.9. The molecule has 0 amide bonds. The molecule has 100 valence electrons. The van der Waals surface area contributed by atoms with Crippen molar-refractivity contribution in [1.29, 1.82) is 0 Å². The van der Waals surface area contributed by atoms with Gasteiger partial charge < -0.3 is 5.11 Å². The molecule has 18 heavy (non-hydrogen) atoms. The van der Waals surface area contributed by atoms with Gasteiger partial charge in [-0.25, -0.2) is 0 Å². The van der Waals surface area contributed by atoms with Gasteiger partial charge in [-0.05, 0) is 44.3 Å². The highest BCUT2D eigenvalue weighted by Crippen LogP contribution is 2.22. The van der Waals surface area contributed by atoms with Crippen molar-refractivity contribution in [3.05, 3.63) is 18.0 Å². The summed E-state index contributed by atoms with van der Waals surface area (Å²) in [4.78, 5) is 12.9. The highest BCUT2D eigenvalue weighted by molar-refractivity contribution is 5.66. The Kier molecular flexibility index (Phi) is 4.36. The predicted molar refractivity (Wildman–Crippen MR) is 68.1 cm³/mol. The first kappa shape index (κ1) is 13.1. The number of hydrogen-bond donors (Lipinski definition) is 1. The fourth-order valence-corrected chi connectivity index (χ4v) is 2.54. The molecule has 5 heteroatoms. The van der Waals surface area contributed by atoms with E-state index in [0.29, 0.717) is 12.3 Å². The monoisotopic (exact) mass is 251 g/mol. The van der Waals surface area contributed by atoms with E-state index in [0.717, 1.165) is 44.6 Å². The molecule has 1 fully saturated rings.